The molecule has 3 aromatic heterocycles. The molecule has 218 valence electrons. The Hall–Kier alpha value is -3.89. The van der Waals surface area contributed by atoms with E-state index in [-0.39, 0.29) is 0 Å². The summed E-state index contributed by atoms with van der Waals surface area (Å²) in [5, 5.41) is 16.6. The number of fused-ring (bicyclic) bond motifs is 1. The molecule has 2 saturated heterocycles. The Morgan fingerprint density at radius 2 is 1.95 bits per heavy atom. The number of nitrogens with one attached hydrogen (secondary N) is 1. The van der Waals surface area contributed by atoms with E-state index in [1.807, 2.05) is 25.1 Å². The van der Waals surface area contributed by atoms with Gasteiger partial charge >= 0.3 is 6.18 Å². The molecule has 41 heavy (non-hydrogen) atoms. The summed E-state index contributed by atoms with van der Waals surface area (Å²) >= 11 is 0. The third-order valence-corrected chi connectivity index (χ3v) is 7.52. The van der Waals surface area contributed by atoms with E-state index in [0.717, 1.165) is 16.9 Å². The van der Waals surface area contributed by atoms with Crippen molar-refractivity contribution in [3.05, 3.63) is 42.4 Å². The topological polar surface area (TPSA) is 108 Å². The number of hydrogen-bond donors (Lipinski definition) is 1. The number of piperidine rings is 1. The van der Waals surface area contributed by atoms with Crippen LogP contribution in [0.2, 0.25) is 0 Å². The molecule has 1 amide bonds. The monoisotopic (exact) mass is 571 g/mol. The lowest BCUT2D eigenvalue weighted by Gasteiger charge is -2.46. The van der Waals surface area contributed by atoms with E-state index in [9.17, 15) is 23.2 Å². The predicted octanol–water partition coefficient (Wildman–Crippen LogP) is 3.41. The van der Waals surface area contributed by atoms with Crippen LogP contribution in [0.25, 0.3) is 16.6 Å². The van der Waals surface area contributed by atoms with Crippen molar-refractivity contribution >= 4 is 17.2 Å². The lowest BCUT2D eigenvalue weighted by atomic mass is 9.86. The zero-order chi connectivity index (χ0) is 29.0. The SMILES string of the molecule is CCOc1cc(-c2ccc(N3CCC(CN4CCOCC4)(NC(=O)CC(F)(F)F)CC3)nc2)c2c(C#N)cnn2c1. The number of morpholine rings is 1. The van der Waals surface area contributed by atoms with Gasteiger partial charge in [0, 0.05) is 50.0 Å². The lowest BCUT2D eigenvalue weighted by Crippen LogP contribution is -2.62. The first kappa shape index (κ1) is 28.6. The smallest absolute Gasteiger partial charge is 0.397 e. The number of pyridine rings is 2. The van der Waals surface area contributed by atoms with Crippen LogP contribution < -0.4 is 15.0 Å². The molecule has 0 spiro atoms. The molecule has 3 aromatic rings. The van der Waals surface area contributed by atoms with Gasteiger partial charge in [-0.25, -0.2) is 9.50 Å². The first-order chi connectivity index (χ1) is 19.7. The molecular weight excluding hydrogens is 539 g/mol. The molecule has 13 heteroatoms. The first-order valence-corrected chi connectivity index (χ1v) is 13.6. The third kappa shape index (κ3) is 6.71. The Balaban J connectivity index is 1.33. The largest absolute Gasteiger partial charge is 0.492 e. The Morgan fingerprint density at radius 3 is 2.59 bits per heavy atom. The van der Waals surface area contributed by atoms with Crippen LogP contribution in [0.15, 0.2) is 36.8 Å². The quantitative estimate of drug-likeness (QED) is 0.439. The van der Waals surface area contributed by atoms with Crippen LogP contribution in [0.3, 0.4) is 0 Å². The Kier molecular flexibility index (Phi) is 8.32. The van der Waals surface area contributed by atoms with Gasteiger partial charge in [-0.15, -0.1) is 0 Å². The van der Waals surface area contributed by atoms with Gasteiger partial charge < -0.3 is 19.7 Å². The van der Waals surface area contributed by atoms with Crippen molar-refractivity contribution in [3.63, 3.8) is 0 Å². The number of aromatic nitrogens is 3. The average Bonchev–Trinajstić information content (AvgIpc) is 3.36. The third-order valence-electron chi connectivity index (χ3n) is 7.52. The minimum Gasteiger partial charge on any atom is -0.492 e. The van der Waals surface area contributed by atoms with E-state index in [1.54, 1.807) is 16.9 Å². The Labute approximate surface area is 235 Å². The first-order valence-electron chi connectivity index (χ1n) is 13.6. The summed E-state index contributed by atoms with van der Waals surface area (Å²) in [6.45, 7) is 6.35. The summed E-state index contributed by atoms with van der Waals surface area (Å²) in [5.41, 5.74) is 1.88. The summed E-state index contributed by atoms with van der Waals surface area (Å²) < 4.78 is 51.5. The molecule has 1 N–H and O–H groups in total. The summed E-state index contributed by atoms with van der Waals surface area (Å²) in [7, 11) is 0. The highest BCUT2D eigenvalue weighted by Gasteiger charge is 2.40. The van der Waals surface area contributed by atoms with Gasteiger partial charge in [-0.1, -0.05) is 0 Å². The highest BCUT2D eigenvalue weighted by Crippen LogP contribution is 2.33. The zero-order valence-electron chi connectivity index (χ0n) is 22.8. The molecule has 0 aliphatic carbocycles. The predicted molar refractivity (Wildman–Crippen MR) is 145 cm³/mol. The van der Waals surface area contributed by atoms with Gasteiger partial charge in [-0.3, -0.25) is 9.69 Å². The number of carbonyl (C=O) groups excluding carboxylic acids is 1. The van der Waals surface area contributed by atoms with Crippen molar-refractivity contribution in [3.8, 4) is 22.9 Å². The maximum absolute atomic E-state index is 12.9. The fourth-order valence-corrected chi connectivity index (χ4v) is 5.57. The van der Waals surface area contributed by atoms with Crippen LogP contribution in [-0.4, -0.2) is 89.7 Å². The van der Waals surface area contributed by atoms with Gasteiger partial charge in [0.1, 0.15) is 24.1 Å². The molecule has 5 heterocycles. The molecule has 0 atom stereocenters. The van der Waals surface area contributed by atoms with Gasteiger partial charge in [0.15, 0.2) is 0 Å². The van der Waals surface area contributed by atoms with Crippen molar-refractivity contribution in [2.45, 2.75) is 37.9 Å². The van der Waals surface area contributed by atoms with Crippen molar-refractivity contribution < 1.29 is 27.4 Å². The number of hydrogen-bond acceptors (Lipinski definition) is 8. The molecule has 0 aromatic carbocycles. The highest BCUT2D eigenvalue weighted by atomic mass is 19.4. The van der Waals surface area contributed by atoms with Crippen molar-refractivity contribution in [2.24, 2.45) is 0 Å². The number of anilines is 1. The Bertz CT molecular complexity index is 1400. The maximum atomic E-state index is 12.9. The number of ether oxygens (including phenoxy) is 2. The van der Waals surface area contributed by atoms with E-state index in [0.29, 0.717) is 82.2 Å². The summed E-state index contributed by atoms with van der Waals surface area (Å²) in [5.74, 6) is 0.340. The molecule has 10 nitrogen and oxygen atoms in total. The van der Waals surface area contributed by atoms with E-state index < -0.39 is 24.0 Å². The number of nitrogens with zero attached hydrogens (tertiary/aromatic N) is 6. The lowest BCUT2D eigenvalue weighted by molar-refractivity contribution is -0.155. The second-order valence-electron chi connectivity index (χ2n) is 10.4. The zero-order valence-corrected chi connectivity index (χ0v) is 22.8. The molecule has 0 radical (unpaired) electrons. The van der Waals surface area contributed by atoms with Crippen molar-refractivity contribution in [1.82, 2.24) is 24.8 Å². The standard InChI is InChI=1S/C28H32F3N7O3/c1-2-41-22-13-23(26-21(15-32)17-34-38(26)18-22)20-3-4-24(33-16-20)37-7-5-27(6-8-37,19-36-9-11-40-12-10-36)35-25(39)14-28(29,30)31/h3-4,13,16-18H,2,5-12,14,19H2,1H3,(H,35,39). The van der Waals surface area contributed by atoms with Crippen LogP contribution in [0.5, 0.6) is 5.75 Å². The van der Waals surface area contributed by atoms with Gasteiger partial charge in [0.05, 0.1) is 48.8 Å². The van der Waals surface area contributed by atoms with Crippen LogP contribution >= 0.6 is 0 Å². The molecule has 0 bridgehead atoms. The molecule has 5 rings (SSSR count). The van der Waals surface area contributed by atoms with Crippen molar-refractivity contribution in [2.75, 3.05) is 57.4 Å². The second kappa shape index (κ2) is 11.9. The maximum Gasteiger partial charge on any atom is 0.397 e. The molecule has 2 fully saturated rings. The number of nitriles is 1. The Morgan fingerprint density at radius 1 is 1.20 bits per heavy atom. The van der Waals surface area contributed by atoms with Gasteiger partial charge in [0.2, 0.25) is 5.91 Å². The van der Waals surface area contributed by atoms with Gasteiger partial charge in [0.25, 0.3) is 0 Å². The van der Waals surface area contributed by atoms with Crippen LogP contribution in [0.4, 0.5) is 19.0 Å². The normalized spacial score (nSPS) is 17.8. The van der Waals surface area contributed by atoms with Crippen LogP contribution in [0, 0.1) is 11.3 Å². The fraction of sp³-hybridized carbons (Fsp3) is 0.500. The fourth-order valence-electron chi connectivity index (χ4n) is 5.57. The molecule has 0 unspecified atom stereocenters. The number of halogens is 3. The minimum atomic E-state index is -4.56. The van der Waals surface area contributed by atoms with E-state index in [4.69, 9.17) is 9.47 Å². The van der Waals surface area contributed by atoms with E-state index >= 15 is 0 Å². The minimum absolute atomic E-state index is 0.437. The summed E-state index contributed by atoms with van der Waals surface area (Å²) in [4.78, 5) is 21.2. The van der Waals surface area contributed by atoms with Gasteiger partial charge in [-0.2, -0.15) is 23.5 Å². The number of amides is 1. The number of carbonyl (C=O) groups is 1. The molecule has 2 aliphatic heterocycles. The average molecular weight is 572 g/mol. The number of rotatable bonds is 8. The highest BCUT2D eigenvalue weighted by molar-refractivity contribution is 5.85. The van der Waals surface area contributed by atoms with E-state index in [1.165, 1.54) is 6.20 Å². The number of alkyl halides is 3. The molecule has 2 aliphatic rings. The summed E-state index contributed by atoms with van der Waals surface area (Å²) in [6.07, 6.45) is -0.112. The van der Waals surface area contributed by atoms with E-state index in [2.05, 4.69) is 31.3 Å². The van der Waals surface area contributed by atoms with Gasteiger partial charge in [-0.05, 0) is 38.0 Å². The molecule has 0 saturated carbocycles. The molecular formula is C28H32F3N7O3. The van der Waals surface area contributed by atoms with Crippen molar-refractivity contribution in [1.29, 1.82) is 5.26 Å². The summed E-state index contributed by atoms with van der Waals surface area (Å²) in [6, 6.07) is 7.85. The second-order valence-corrected chi connectivity index (χ2v) is 10.4. The van der Waals surface area contributed by atoms with Crippen LogP contribution in [0.1, 0.15) is 31.7 Å². The van der Waals surface area contributed by atoms with Crippen LogP contribution in [-0.2, 0) is 9.53 Å².